The Hall–Kier alpha value is -1.91. The Morgan fingerprint density at radius 1 is 1.39 bits per heavy atom. The van der Waals surface area contributed by atoms with Crippen molar-refractivity contribution in [2.24, 2.45) is 0 Å². The van der Waals surface area contributed by atoms with Crippen molar-refractivity contribution in [2.45, 2.75) is 32.7 Å². The fraction of sp³-hybridized carbons (Fsp3) is 0.462. The molecule has 1 heterocycles. The molecule has 18 heavy (non-hydrogen) atoms. The van der Waals surface area contributed by atoms with Crippen molar-refractivity contribution >= 4 is 11.8 Å². The highest BCUT2D eigenvalue weighted by Crippen LogP contribution is 2.34. The fourth-order valence-corrected chi connectivity index (χ4v) is 2.11. The fourth-order valence-electron chi connectivity index (χ4n) is 2.11. The number of aromatic nitrogens is 1. The maximum absolute atomic E-state index is 12.1. The van der Waals surface area contributed by atoms with Crippen LogP contribution in [-0.2, 0) is 4.74 Å². The monoisotopic (exact) mass is 249 g/mol. The molecule has 1 aromatic heterocycles. The molecule has 0 atom stereocenters. The maximum Gasteiger partial charge on any atom is 0.340 e. The van der Waals surface area contributed by atoms with E-state index >= 15 is 0 Å². The molecule has 1 aliphatic carbocycles. The molecule has 0 aromatic carbocycles. The van der Waals surface area contributed by atoms with E-state index in [0.717, 1.165) is 12.8 Å². The largest absolute Gasteiger partial charge is 0.465 e. The molecule has 0 spiro atoms. The number of Topliss-reactive ketones (excluding diaryl/α,β-unsaturated/α-hetero) is 1. The van der Waals surface area contributed by atoms with E-state index < -0.39 is 5.97 Å². The summed E-state index contributed by atoms with van der Waals surface area (Å²) in [5.41, 5.74) is 0.463. The summed E-state index contributed by atoms with van der Waals surface area (Å²) in [5, 5.41) is 0. The van der Waals surface area contributed by atoms with E-state index in [1.807, 2.05) is 0 Å². The zero-order valence-electron chi connectivity index (χ0n) is 10.6. The summed E-state index contributed by atoms with van der Waals surface area (Å²) in [4.78, 5) is 35.4. The second-order valence-electron chi connectivity index (χ2n) is 4.53. The van der Waals surface area contributed by atoms with Crippen LogP contribution in [0.3, 0.4) is 0 Å². The van der Waals surface area contributed by atoms with Crippen molar-refractivity contribution < 1.29 is 14.3 Å². The van der Waals surface area contributed by atoms with E-state index in [1.54, 1.807) is 6.92 Å². The third-order valence-corrected chi connectivity index (χ3v) is 3.17. The summed E-state index contributed by atoms with van der Waals surface area (Å²) in [7, 11) is 1.26. The number of hydrogen-bond acceptors (Lipinski definition) is 4. The number of carbonyl (C=O) groups excluding carboxylic acids is 2. The number of pyridine rings is 1. The van der Waals surface area contributed by atoms with E-state index in [4.69, 9.17) is 0 Å². The van der Waals surface area contributed by atoms with Gasteiger partial charge in [0.05, 0.1) is 12.7 Å². The van der Waals surface area contributed by atoms with Crippen molar-refractivity contribution in [3.05, 3.63) is 33.2 Å². The molecule has 0 amide bonds. The number of rotatable bonds is 3. The minimum Gasteiger partial charge on any atom is -0.465 e. The topological polar surface area (TPSA) is 65.4 Å². The number of ketones is 1. The van der Waals surface area contributed by atoms with Gasteiger partial charge in [0.2, 0.25) is 0 Å². The van der Waals surface area contributed by atoms with E-state index in [1.165, 1.54) is 24.8 Å². The van der Waals surface area contributed by atoms with Gasteiger partial charge in [-0.25, -0.2) is 4.79 Å². The van der Waals surface area contributed by atoms with Gasteiger partial charge in [-0.15, -0.1) is 0 Å². The molecule has 1 aliphatic rings. The molecule has 0 radical (unpaired) electrons. The molecule has 2 rings (SSSR count). The summed E-state index contributed by atoms with van der Waals surface area (Å²) < 4.78 is 6.21. The SMILES string of the molecule is COC(=O)c1cn(C2CC2)c(=O)c(C)c1C(C)=O. The Morgan fingerprint density at radius 2 is 2.00 bits per heavy atom. The van der Waals surface area contributed by atoms with E-state index in [9.17, 15) is 14.4 Å². The van der Waals surface area contributed by atoms with Crippen LogP contribution in [0.4, 0.5) is 0 Å². The molecule has 1 saturated carbocycles. The molecular formula is C13H15NO4. The van der Waals surface area contributed by atoms with Gasteiger partial charge in [-0.1, -0.05) is 0 Å². The highest BCUT2D eigenvalue weighted by molar-refractivity contribution is 6.06. The van der Waals surface area contributed by atoms with Gasteiger partial charge in [0.15, 0.2) is 5.78 Å². The van der Waals surface area contributed by atoms with Crippen LogP contribution in [-0.4, -0.2) is 23.4 Å². The summed E-state index contributed by atoms with van der Waals surface area (Å²) in [6.07, 6.45) is 3.31. The lowest BCUT2D eigenvalue weighted by molar-refractivity contribution is 0.0596. The van der Waals surface area contributed by atoms with Crippen molar-refractivity contribution in [3.63, 3.8) is 0 Å². The van der Waals surface area contributed by atoms with Crippen molar-refractivity contribution in [1.82, 2.24) is 4.57 Å². The van der Waals surface area contributed by atoms with Crippen LogP contribution in [0.5, 0.6) is 0 Å². The second kappa shape index (κ2) is 4.40. The standard InChI is InChI=1S/C13H15NO4/c1-7-11(8(2)15)10(13(17)18-3)6-14(12(7)16)9-4-5-9/h6,9H,4-5H2,1-3H3. The Kier molecular flexibility index (Phi) is 3.07. The van der Waals surface area contributed by atoms with Crippen LogP contribution in [0.15, 0.2) is 11.0 Å². The van der Waals surface area contributed by atoms with E-state index in [-0.39, 0.29) is 28.5 Å². The predicted octanol–water partition coefficient (Wildman–Crippen LogP) is 1.48. The molecule has 0 N–H and O–H groups in total. The minimum absolute atomic E-state index is 0.153. The molecule has 1 fully saturated rings. The van der Waals surface area contributed by atoms with Gasteiger partial charge in [0.25, 0.3) is 5.56 Å². The third-order valence-electron chi connectivity index (χ3n) is 3.17. The molecule has 1 aromatic rings. The zero-order valence-corrected chi connectivity index (χ0v) is 10.6. The Balaban J connectivity index is 2.72. The molecule has 0 unspecified atom stereocenters. The first-order valence-corrected chi connectivity index (χ1v) is 5.82. The minimum atomic E-state index is -0.585. The van der Waals surface area contributed by atoms with Gasteiger partial charge in [-0.3, -0.25) is 9.59 Å². The van der Waals surface area contributed by atoms with Crippen LogP contribution < -0.4 is 5.56 Å². The second-order valence-corrected chi connectivity index (χ2v) is 4.53. The normalized spacial score (nSPS) is 14.4. The summed E-state index contributed by atoms with van der Waals surface area (Å²) in [6, 6.07) is 0.153. The van der Waals surface area contributed by atoms with Crippen LogP contribution in [0.2, 0.25) is 0 Å². The van der Waals surface area contributed by atoms with Gasteiger partial charge >= 0.3 is 5.97 Å². The van der Waals surface area contributed by atoms with Crippen LogP contribution in [0.25, 0.3) is 0 Å². The Morgan fingerprint density at radius 3 is 2.44 bits per heavy atom. The van der Waals surface area contributed by atoms with Crippen molar-refractivity contribution in [1.29, 1.82) is 0 Å². The van der Waals surface area contributed by atoms with E-state index in [2.05, 4.69) is 4.74 Å². The number of carbonyl (C=O) groups is 2. The van der Waals surface area contributed by atoms with E-state index in [0.29, 0.717) is 5.56 Å². The van der Waals surface area contributed by atoms with Crippen molar-refractivity contribution in [2.75, 3.05) is 7.11 Å². The first-order valence-electron chi connectivity index (χ1n) is 5.82. The lowest BCUT2D eigenvalue weighted by atomic mass is 10.0. The number of hydrogen-bond donors (Lipinski definition) is 0. The smallest absolute Gasteiger partial charge is 0.340 e. The van der Waals surface area contributed by atoms with Crippen molar-refractivity contribution in [3.8, 4) is 0 Å². The van der Waals surface area contributed by atoms with Crippen LogP contribution >= 0.6 is 0 Å². The number of nitrogens with zero attached hydrogens (tertiary/aromatic N) is 1. The first-order chi connectivity index (χ1) is 8.47. The van der Waals surface area contributed by atoms with Gasteiger partial charge in [0.1, 0.15) is 0 Å². The summed E-state index contributed by atoms with van der Waals surface area (Å²) >= 11 is 0. The first kappa shape index (κ1) is 12.5. The highest BCUT2D eigenvalue weighted by Gasteiger charge is 2.29. The van der Waals surface area contributed by atoms with Gasteiger partial charge < -0.3 is 9.30 Å². The summed E-state index contributed by atoms with van der Waals surface area (Å²) in [5.74, 6) is -0.884. The Labute approximate surface area is 104 Å². The zero-order chi connectivity index (χ0) is 13.4. The average Bonchev–Trinajstić information content (AvgIpc) is 3.14. The molecule has 5 heteroatoms. The molecule has 96 valence electrons. The average molecular weight is 249 g/mol. The van der Waals surface area contributed by atoms with Crippen LogP contribution in [0, 0.1) is 6.92 Å². The molecule has 0 bridgehead atoms. The third kappa shape index (κ3) is 1.96. The number of ether oxygens (including phenoxy) is 1. The Bertz CT molecular complexity index is 581. The highest BCUT2D eigenvalue weighted by atomic mass is 16.5. The predicted molar refractivity (Wildman–Crippen MR) is 65.1 cm³/mol. The van der Waals surface area contributed by atoms with Gasteiger partial charge in [-0.05, 0) is 26.7 Å². The molecule has 5 nitrogen and oxygen atoms in total. The lowest BCUT2D eigenvalue weighted by Gasteiger charge is -2.12. The maximum atomic E-state index is 12.1. The summed E-state index contributed by atoms with van der Waals surface area (Å²) in [6.45, 7) is 2.92. The van der Waals surface area contributed by atoms with Gasteiger partial charge in [-0.2, -0.15) is 0 Å². The lowest BCUT2D eigenvalue weighted by Crippen LogP contribution is -2.27. The van der Waals surface area contributed by atoms with Crippen LogP contribution in [0.1, 0.15) is 52.1 Å². The quantitative estimate of drug-likeness (QED) is 0.601. The molecule has 0 saturated heterocycles. The number of esters is 1. The van der Waals surface area contributed by atoms with Gasteiger partial charge in [0, 0.05) is 23.4 Å². The molecular weight excluding hydrogens is 234 g/mol. The molecule has 0 aliphatic heterocycles. The number of methoxy groups -OCH3 is 1.